The zero-order chi connectivity index (χ0) is 28.2. The smallest absolute Gasteiger partial charge is 0.197 e. The van der Waals surface area contributed by atoms with Crippen molar-refractivity contribution in [3.8, 4) is 22.6 Å². The van der Waals surface area contributed by atoms with Crippen LogP contribution >= 0.6 is 0 Å². The number of carbonyl (C=O) groups excluding carboxylic acids is 1. The highest BCUT2D eigenvalue weighted by atomic mass is 16.3. The van der Waals surface area contributed by atoms with Crippen molar-refractivity contribution in [2.75, 3.05) is 0 Å². The molecule has 0 atom stereocenters. The van der Waals surface area contributed by atoms with Gasteiger partial charge in [-0.15, -0.1) is 0 Å². The molecule has 0 unspecified atom stereocenters. The van der Waals surface area contributed by atoms with Crippen LogP contribution in [0.15, 0.2) is 144 Å². The van der Waals surface area contributed by atoms with Gasteiger partial charge in [0.25, 0.3) is 0 Å². The van der Waals surface area contributed by atoms with Crippen molar-refractivity contribution >= 4 is 17.4 Å². The molecule has 5 aromatic carbocycles. The minimum atomic E-state index is -0.0752. The molecule has 0 amide bonds. The molecule has 0 aliphatic carbocycles. The van der Waals surface area contributed by atoms with E-state index in [1.165, 1.54) is 11.1 Å². The maximum absolute atomic E-state index is 14.4. The lowest BCUT2D eigenvalue weighted by molar-refractivity contribution is 0.103. The van der Waals surface area contributed by atoms with Crippen molar-refractivity contribution < 1.29 is 9.21 Å². The molecule has 41 heavy (non-hydrogen) atoms. The molecule has 0 saturated carbocycles. The number of carbonyl (C=O) groups is 1. The second-order valence-corrected chi connectivity index (χ2v) is 10.3. The van der Waals surface area contributed by atoms with Crippen LogP contribution < -0.4 is 0 Å². The van der Waals surface area contributed by atoms with E-state index in [-0.39, 0.29) is 5.78 Å². The molecule has 6 rings (SSSR count). The van der Waals surface area contributed by atoms with E-state index in [0.29, 0.717) is 22.6 Å². The topological polar surface area (TPSA) is 30.2 Å². The van der Waals surface area contributed by atoms with E-state index in [0.717, 1.165) is 33.4 Å². The summed E-state index contributed by atoms with van der Waals surface area (Å²) >= 11 is 0. The summed E-state index contributed by atoms with van der Waals surface area (Å²) in [6, 6.07) is 46.4. The van der Waals surface area contributed by atoms with E-state index in [9.17, 15) is 4.79 Å². The summed E-state index contributed by atoms with van der Waals surface area (Å²) in [5, 5.41) is 0. The van der Waals surface area contributed by atoms with Crippen LogP contribution in [0, 0.1) is 13.8 Å². The Morgan fingerprint density at radius 2 is 0.951 bits per heavy atom. The third-order valence-electron chi connectivity index (χ3n) is 7.29. The lowest BCUT2D eigenvalue weighted by Gasteiger charge is -2.12. The highest BCUT2D eigenvalue weighted by Gasteiger charge is 2.27. The normalized spacial score (nSPS) is 10.8. The number of hydrogen-bond acceptors (Lipinski definition) is 2. The van der Waals surface area contributed by atoms with E-state index in [1.807, 2.05) is 91.0 Å². The molecule has 0 aliphatic rings. The fraction of sp³-hybridized carbons (Fsp3) is 0.0513. The molecule has 2 heteroatoms. The molecule has 0 fully saturated rings. The second kappa shape index (κ2) is 11.5. The molecule has 0 N–H and O–H groups in total. The number of benzene rings is 5. The maximum Gasteiger partial charge on any atom is 0.197 e. The highest BCUT2D eigenvalue weighted by Crippen LogP contribution is 2.41. The van der Waals surface area contributed by atoms with Crippen molar-refractivity contribution in [1.82, 2.24) is 0 Å². The molecule has 1 heterocycles. The Balaban J connectivity index is 1.70. The minimum absolute atomic E-state index is 0.0752. The monoisotopic (exact) mass is 530 g/mol. The van der Waals surface area contributed by atoms with Gasteiger partial charge in [-0.1, -0.05) is 151 Å². The van der Waals surface area contributed by atoms with E-state index in [2.05, 4.69) is 68.5 Å². The Morgan fingerprint density at radius 3 is 1.44 bits per heavy atom. The average Bonchev–Trinajstić information content (AvgIpc) is 3.41. The average molecular weight is 531 g/mol. The van der Waals surface area contributed by atoms with Crippen LogP contribution in [-0.2, 0) is 0 Å². The van der Waals surface area contributed by atoms with Crippen LogP contribution in [0.1, 0.15) is 43.7 Å². The van der Waals surface area contributed by atoms with Crippen molar-refractivity contribution in [3.05, 3.63) is 178 Å². The Morgan fingerprint density at radius 1 is 0.512 bits per heavy atom. The molecule has 198 valence electrons. The van der Waals surface area contributed by atoms with Crippen molar-refractivity contribution in [3.63, 3.8) is 0 Å². The van der Waals surface area contributed by atoms with Crippen molar-refractivity contribution in [1.29, 1.82) is 0 Å². The fourth-order valence-corrected chi connectivity index (χ4v) is 5.08. The zero-order valence-corrected chi connectivity index (χ0v) is 23.2. The van der Waals surface area contributed by atoms with Gasteiger partial charge in [-0.05, 0) is 36.6 Å². The van der Waals surface area contributed by atoms with Crippen LogP contribution in [0.5, 0.6) is 0 Å². The van der Waals surface area contributed by atoms with Gasteiger partial charge < -0.3 is 4.42 Å². The first kappa shape index (κ1) is 26.0. The van der Waals surface area contributed by atoms with E-state index < -0.39 is 0 Å². The van der Waals surface area contributed by atoms with Gasteiger partial charge in [0.15, 0.2) is 5.78 Å². The highest BCUT2D eigenvalue weighted by molar-refractivity contribution is 6.16. The quantitative estimate of drug-likeness (QED) is 0.192. The number of aryl methyl sites for hydroxylation is 2. The lowest BCUT2D eigenvalue weighted by Crippen LogP contribution is -2.04. The van der Waals surface area contributed by atoms with E-state index in [4.69, 9.17) is 4.42 Å². The van der Waals surface area contributed by atoms with Crippen LogP contribution in [0.25, 0.3) is 34.3 Å². The van der Waals surface area contributed by atoms with Gasteiger partial charge in [0.2, 0.25) is 0 Å². The van der Waals surface area contributed by atoms with Crippen molar-refractivity contribution in [2.45, 2.75) is 13.8 Å². The van der Waals surface area contributed by atoms with E-state index >= 15 is 0 Å². The fourth-order valence-electron chi connectivity index (χ4n) is 5.08. The number of furan rings is 1. The molecular formula is C39H30O2. The van der Waals surface area contributed by atoms with Gasteiger partial charge in [0.05, 0.1) is 5.56 Å². The van der Waals surface area contributed by atoms with Gasteiger partial charge in [0.1, 0.15) is 11.5 Å². The molecule has 0 aliphatic heterocycles. The van der Waals surface area contributed by atoms with Gasteiger partial charge in [0, 0.05) is 22.3 Å². The first-order valence-corrected chi connectivity index (χ1v) is 13.8. The Kier molecular flexibility index (Phi) is 7.30. The predicted octanol–water partition coefficient (Wildman–Crippen LogP) is 10.1. The molecule has 0 bridgehead atoms. The Labute approximate surface area is 241 Å². The molecular weight excluding hydrogens is 500 g/mol. The van der Waals surface area contributed by atoms with Crippen molar-refractivity contribution in [2.24, 2.45) is 0 Å². The minimum Gasteiger partial charge on any atom is -0.455 e. The van der Waals surface area contributed by atoms with Gasteiger partial charge in [-0.3, -0.25) is 4.79 Å². The van der Waals surface area contributed by atoms with E-state index in [1.54, 1.807) is 0 Å². The maximum atomic E-state index is 14.4. The standard InChI is InChI=1S/C39H30O2/c1-27-18-22-29(23-19-27)34(30-24-20-28(2)21-25-30)26-35-36(37(40)31-12-6-3-7-13-31)39(33-16-10-5-11-17-33)41-38(35)32-14-8-4-9-15-32/h3-26H,1-2H3. The number of hydrogen-bond donors (Lipinski definition) is 0. The summed E-state index contributed by atoms with van der Waals surface area (Å²) in [6.07, 6.45) is 2.13. The van der Waals surface area contributed by atoms with Crippen LogP contribution in [0.3, 0.4) is 0 Å². The summed E-state index contributed by atoms with van der Waals surface area (Å²) in [6.45, 7) is 4.18. The predicted molar refractivity (Wildman–Crippen MR) is 169 cm³/mol. The molecule has 0 saturated heterocycles. The Hall–Kier alpha value is -5.21. The lowest BCUT2D eigenvalue weighted by atomic mass is 9.90. The molecule has 0 radical (unpaired) electrons. The number of rotatable bonds is 7. The third kappa shape index (κ3) is 5.46. The van der Waals surface area contributed by atoms with Crippen LogP contribution in [-0.4, -0.2) is 5.78 Å². The second-order valence-electron chi connectivity index (χ2n) is 10.3. The summed E-state index contributed by atoms with van der Waals surface area (Å²) in [7, 11) is 0. The summed E-state index contributed by atoms with van der Waals surface area (Å²) < 4.78 is 6.71. The van der Waals surface area contributed by atoms with Gasteiger partial charge in [-0.25, -0.2) is 0 Å². The Bertz CT molecular complexity index is 1760. The van der Waals surface area contributed by atoms with Gasteiger partial charge >= 0.3 is 0 Å². The molecule has 6 aromatic rings. The first-order valence-electron chi connectivity index (χ1n) is 13.8. The van der Waals surface area contributed by atoms with Crippen LogP contribution in [0.2, 0.25) is 0 Å². The molecule has 0 spiro atoms. The molecule has 2 nitrogen and oxygen atoms in total. The van der Waals surface area contributed by atoms with Crippen LogP contribution in [0.4, 0.5) is 0 Å². The summed E-state index contributed by atoms with van der Waals surface area (Å²) in [5.74, 6) is 1.16. The number of ketones is 1. The zero-order valence-electron chi connectivity index (χ0n) is 23.2. The summed E-state index contributed by atoms with van der Waals surface area (Å²) in [5.41, 5.74) is 9.24. The third-order valence-corrected chi connectivity index (χ3v) is 7.29. The summed E-state index contributed by atoms with van der Waals surface area (Å²) in [4.78, 5) is 14.4. The largest absolute Gasteiger partial charge is 0.455 e. The van der Waals surface area contributed by atoms with Gasteiger partial charge in [-0.2, -0.15) is 0 Å². The molecule has 1 aromatic heterocycles. The SMILES string of the molecule is Cc1ccc(C(=Cc2c(-c3ccccc3)oc(-c3ccccc3)c2C(=O)c2ccccc2)c2ccc(C)cc2)cc1. The first-order chi connectivity index (χ1) is 20.1.